The molecule has 7 nitrogen and oxygen atoms in total. The number of hydrogen-bond donors (Lipinski definition) is 1. The fourth-order valence-electron chi connectivity index (χ4n) is 5.70. The lowest BCUT2D eigenvalue weighted by Gasteiger charge is -2.29. The zero-order valence-corrected chi connectivity index (χ0v) is 24.1. The van der Waals surface area contributed by atoms with Gasteiger partial charge in [0.1, 0.15) is 11.6 Å². The molecule has 2 aliphatic carbocycles. The average Bonchev–Trinajstić information content (AvgIpc) is 3.66. The van der Waals surface area contributed by atoms with Gasteiger partial charge in [-0.05, 0) is 90.8 Å². The monoisotopic (exact) mass is 592 g/mol. The lowest BCUT2D eigenvalue weighted by atomic mass is 9.87. The molecule has 0 unspecified atom stereocenters. The minimum absolute atomic E-state index is 0.000556. The molecule has 1 aromatic heterocycles. The average molecular weight is 593 g/mol. The predicted molar refractivity (Wildman–Crippen MR) is 156 cm³/mol. The van der Waals surface area contributed by atoms with Crippen molar-refractivity contribution in [2.75, 3.05) is 4.90 Å². The zero-order valence-electron chi connectivity index (χ0n) is 22.5. The summed E-state index contributed by atoms with van der Waals surface area (Å²) < 4.78 is 44.8. The maximum Gasteiger partial charge on any atom is 0.241 e. The molecule has 3 aromatic carbocycles. The van der Waals surface area contributed by atoms with E-state index in [9.17, 15) is 17.6 Å². The van der Waals surface area contributed by atoms with E-state index in [-0.39, 0.29) is 29.2 Å². The van der Waals surface area contributed by atoms with Gasteiger partial charge < -0.3 is 9.47 Å². The molecular formula is C31H30ClFN4O3S. The summed E-state index contributed by atoms with van der Waals surface area (Å²) in [5.74, 6) is 0.0743. The van der Waals surface area contributed by atoms with Crippen LogP contribution in [0.15, 0.2) is 84.0 Å². The normalized spacial score (nSPS) is 19.9. The highest BCUT2D eigenvalue weighted by Gasteiger charge is 2.46. The second-order valence-electron chi connectivity index (χ2n) is 10.8. The number of hydrogen-bond acceptors (Lipinski definition) is 4. The molecule has 212 valence electrons. The van der Waals surface area contributed by atoms with Gasteiger partial charge in [0.05, 0.1) is 11.4 Å². The Kier molecular flexibility index (Phi) is 7.44. The molecule has 10 heteroatoms. The van der Waals surface area contributed by atoms with Gasteiger partial charge in [-0.1, -0.05) is 35.9 Å². The zero-order chi connectivity index (χ0) is 28.7. The van der Waals surface area contributed by atoms with E-state index in [1.165, 1.54) is 18.2 Å². The molecule has 0 spiro atoms. The number of aromatic nitrogens is 2. The first-order valence-electron chi connectivity index (χ1n) is 13.6. The quantitative estimate of drug-likeness (QED) is 0.276. The minimum atomic E-state index is -3.96. The Balaban J connectivity index is 1.31. The van der Waals surface area contributed by atoms with Crippen molar-refractivity contribution in [2.45, 2.75) is 49.1 Å². The van der Waals surface area contributed by atoms with Gasteiger partial charge in [-0.15, -0.1) is 0 Å². The van der Waals surface area contributed by atoms with E-state index in [1.807, 2.05) is 60.3 Å². The molecule has 0 saturated heterocycles. The van der Waals surface area contributed by atoms with E-state index in [2.05, 4.69) is 9.71 Å². The van der Waals surface area contributed by atoms with Crippen LogP contribution in [0.25, 0.3) is 0 Å². The molecule has 3 atom stereocenters. The molecule has 1 saturated carbocycles. The fourth-order valence-corrected chi connectivity index (χ4v) is 7.11. The van der Waals surface area contributed by atoms with E-state index in [1.54, 1.807) is 11.1 Å². The van der Waals surface area contributed by atoms with Crippen molar-refractivity contribution >= 4 is 33.2 Å². The third-order valence-corrected chi connectivity index (χ3v) is 9.77. The summed E-state index contributed by atoms with van der Waals surface area (Å²) in [7, 11) is -2.07. The standard InChI is InChI=1S/C31H30ClFN4O3S/c1-36-15-14-34-30(36)19-37(31(38)28-18-26(28)21-8-11-22(32)12-9-21)24-13-10-20-4-2-7-29(27(20)17-24)35-41(39,40)25-6-3-5-23(33)16-25/h3,5-6,8-17,26,28-29,35H,2,4,7,18-19H2,1H3/t26-,28-,29-/m0/s1. The van der Waals surface area contributed by atoms with Gasteiger partial charge >= 0.3 is 0 Å². The van der Waals surface area contributed by atoms with Crippen LogP contribution >= 0.6 is 11.6 Å². The van der Waals surface area contributed by atoms with Crippen LogP contribution in [0.2, 0.25) is 5.02 Å². The Bertz CT molecular complexity index is 1710. The highest BCUT2D eigenvalue weighted by atomic mass is 35.5. The van der Waals surface area contributed by atoms with Crippen molar-refractivity contribution in [2.24, 2.45) is 13.0 Å². The summed E-state index contributed by atoms with van der Waals surface area (Å²) in [6.07, 6.45) is 6.51. The van der Waals surface area contributed by atoms with Gasteiger partial charge in [-0.25, -0.2) is 22.5 Å². The topological polar surface area (TPSA) is 84.3 Å². The van der Waals surface area contributed by atoms with Gasteiger partial charge in [0.15, 0.2) is 0 Å². The molecular weight excluding hydrogens is 563 g/mol. The third kappa shape index (κ3) is 5.80. The van der Waals surface area contributed by atoms with E-state index in [0.717, 1.165) is 47.8 Å². The smallest absolute Gasteiger partial charge is 0.241 e. The van der Waals surface area contributed by atoms with Gasteiger partial charge in [-0.2, -0.15) is 0 Å². The van der Waals surface area contributed by atoms with Crippen molar-refractivity contribution < 1.29 is 17.6 Å². The van der Waals surface area contributed by atoms with Crippen molar-refractivity contribution in [1.29, 1.82) is 0 Å². The number of fused-ring (bicyclic) bond motifs is 1. The van der Waals surface area contributed by atoms with Crippen LogP contribution in [0, 0.1) is 11.7 Å². The number of imidazole rings is 1. The van der Waals surface area contributed by atoms with Gasteiger partial charge in [0.2, 0.25) is 15.9 Å². The molecule has 0 bridgehead atoms. The van der Waals surface area contributed by atoms with Crippen molar-refractivity contribution in [1.82, 2.24) is 14.3 Å². The summed E-state index contributed by atoms with van der Waals surface area (Å²) in [4.78, 5) is 20.1. The van der Waals surface area contributed by atoms with Crippen molar-refractivity contribution in [3.05, 3.63) is 112 Å². The first-order chi connectivity index (χ1) is 19.7. The van der Waals surface area contributed by atoms with Crippen LogP contribution in [0.1, 0.15) is 53.7 Å². The lowest BCUT2D eigenvalue weighted by Crippen LogP contribution is -2.34. The van der Waals surface area contributed by atoms with Gasteiger partial charge in [0.25, 0.3) is 0 Å². The second-order valence-corrected chi connectivity index (χ2v) is 12.9. The predicted octanol–water partition coefficient (Wildman–Crippen LogP) is 5.91. The van der Waals surface area contributed by atoms with Crippen LogP contribution in [0.4, 0.5) is 10.1 Å². The van der Waals surface area contributed by atoms with Crippen LogP contribution < -0.4 is 9.62 Å². The first kappa shape index (κ1) is 27.6. The summed E-state index contributed by atoms with van der Waals surface area (Å²) in [6.45, 7) is 0.282. The van der Waals surface area contributed by atoms with Crippen molar-refractivity contribution in [3.63, 3.8) is 0 Å². The number of halogens is 2. The fraction of sp³-hybridized carbons (Fsp3) is 0.290. The molecule has 1 N–H and O–H groups in total. The van der Waals surface area contributed by atoms with Crippen LogP contribution in [0.5, 0.6) is 0 Å². The summed E-state index contributed by atoms with van der Waals surface area (Å²) in [6, 6.07) is 18.0. The van der Waals surface area contributed by atoms with Gasteiger partial charge in [-0.3, -0.25) is 4.79 Å². The maximum atomic E-state index is 14.0. The number of carbonyl (C=O) groups excluding carboxylic acids is 1. The first-order valence-corrected chi connectivity index (χ1v) is 15.5. The third-order valence-electron chi connectivity index (χ3n) is 8.05. The number of amides is 1. The number of aryl methyl sites for hydroxylation is 2. The molecule has 41 heavy (non-hydrogen) atoms. The summed E-state index contributed by atoms with van der Waals surface area (Å²) in [5.41, 5.74) is 3.63. The number of rotatable bonds is 8. The van der Waals surface area contributed by atoms with Crippen LogP contribution in [-0.4, -0.2) is 23.9 Å². The Labute approximate surface area is 244 Å². The second kappa shape index (κ2) is 11.0. The summed E-state index contributed by atoms with van der Waals surface area (Å²) >= 11 is 6.07. The van der Waals surface area contributed by atoms with E-state index >= 15 is 0 Å². The Hall–Kier alpha value is -3.53. The molecule has 0 aliphatic heterocycles. The number of nitrogens with one attached hydrogen (secondary N) is 1. The largest absolute Gasteiger partial charge is 0.337 e. The van der Waals surface area contributed by atoms with Crippen LogP contribution in [-0.2, 0) is 34.8 Å². The van der Waals surface area contributed by atoms with Crippen LogP contribution in [0.3, 0.4) is 0 Å². The minimum Gasteiger partial charge on any atom is -0.337 e. The van der Waals surface area contributed by atoms with E-state index in [4.69, 9.17) is 11.6 Å². The molecule has 1 fully saturated rings. The SMILES string of the molecule is Cn1ccnc1CN(C(=O)[C@H]1C[C@H]1c1ccc(Cl)cc1)c1ccc2c(c1)[C@@H](NS(=O)(=O)c1cccc(F)c1)CCC2. The number of nitrogens with zero attached hydrogens (tertiary/aromatic N) is 3. The molecule has 1 heterocycles. The number of anilines is 1. The number of carbonyl (C=O) groups is 1. The van der Waals surface area contributed by atoms with Gasteiger partial charge in [0, 0.05) is 42.1 Å². The Morgan fingerprint density at radius 2 is 1.95 bits per heavy atom. The van der Waals surface area contributed by atoms with Crippen molar-refractivity contribution in [3.8, 4) is 0 Å². The van der Waals surface area contributed by atoms with E-state index < -0.39 is 21.9 Å². The molecule has 4 aromatic rings. The molecule has 2 aliphatic rings. The number of sulfonamides is 1. The highest BCUT2D eigenvalue weighted by Crippen LogP contribution is 2.49. The molecule has 1 amide bonds. The Morgan fingerprint density at radius 1 is 1.15 bits per heavy atom. The number of benzene rings is 3. The maximum absolute atomic E-state index is 14.0. The summed E-state index contributed by atoms with van der Waals surface area (Å²) in [5, 5.41) is 0.658. The highest BCUT2D eigenvalue weighted by molar-refractivity contribution is 7.89. The molecule has 0 radical (unpaired) electrons. The molecule has 6 rings (SSSR count). The van der Waals surface area contributed by atoms with E-state index in [0.29, 0.717) is 17.1 Å². The lowest BCUT2D eigenvalue weighted by molar-refractivity contribution is -0.120. The Morgan fingerprint density at radius 3 is 2.68 bits per heavy atom.